The number of para-hydroxylation sites is 2. The van der Waals surface area contributed by atoms with Crippen LogP contribution in [0.4, 0.5) is 0 Å². The third-order valence-corrected chi connectivity index (χ3v) is 9.70. The maximum atomic E-state index is 10.3. The van der Waals surface area contributed by atoms with Crippen molar-refractivity contribution in [3.05, 3.63) is 162 Å². The van der Waals surface area contributed by atoms with Gasteiger partial charge in [0.15, 0.2) is 0 Å². The maximum absolute atomic E-state index is 10.3. The molecule has 2 aromatic heterocycles. The molecule has 0 bridgehead atoms. The lowest BCUT2D eigenvalue weighted by Gasteiger charge is -2.18. The number of aryl methyl sites for hydroxylation is 2. The Kier molecular flexibility index (Phi) is 6.23. The zero-order valence-electron chi connectivity index (χ0n) is 26.1. The summed E-state index contributed by atoms with van der Waals surface area (Å²) in [6.45, 7) is 2.16. The molecule has 0 unspecified atom stereocenters. The monoisotopic (exact) mass is 601 g/mol. The summed E-state index contributed by atoms with van der Waals surface area (Å²) < 4.78 is 4.72. The van der Waals surface area contributed by atoms with Gasteiger partial charge in [0.1, 0.15) is 0 Å². The fourth-order valence-corrected chi connectivity index (χ4v) is 7.59. The molecule has 6 aromatic carbocycles. The Labute approximate surface area is 273 Å². The van der Waals surface area contributed by atoms with Crippen molar-refractivity contribution in [2.45, 2.75) is 19.8 Å². The zero-order chi connectivity index (χ0) is 31.5. The Hall–Kier alpha value is -6.11. The van der Waals surface area contributed by atoms with Crippen molar-refractivity contribution in [2.24, 2.45) is 0 Å². The normalized spacial score (nSPS) is 12.5. The molecule has 0 fully saturated rings. The van der Waals surface area contributed by atoms with Gasteiger partial charge in [0, 0.05) is 33.1 Å². The first kappa shape index (κ1) is 27.2. The first-order valence-corrected chi connectivity index (χ1v) is 16.2. The molecule has 8 aromatic rings. The van der Waals surface area contributed by atoms with Gasteiger partial charge in [-0.1, -0.05) is 96.6 Å². The van der Waals surface area contributed by atoms with Gasteiger partial charge in [0.25, 0.3) is 0 Å². The fraction of sp³-hybridized carbons (Fsp3) is 0.0682. The number of fused-ring (bicyclic) bond motifs is 6. The minimum Gasteiger partial charge on any atom is -0.309 e. The molecule has 0 aliphatic heterocycles. The second kappa shape index (κ2) is 10.8. The molecular formula is C44H31N3. The van der Waals surface area contributed by atoms with Crippen LogP contribution in [0.5, 0.6) is 0 Å². The van der Waals surface area contributed by atoms with Crippen LogP contribution in [-0.2, 0) is 6.42 Å². The van der Waals surface area contributed by atoms with E-state index in [1.165, 1.54) is 49.5 Å². The van der Waals surface area contributed by atoms with Crippen LogP contribution in [-0.4, -0.2) is 9.13 Å². The molecule has 3 heteroatoms. The summed E-state index contributed by atoms with van der Waals surface area (Å²) in [5.74, 6) is 0. The topological polar surface area (TPSA) is 33.6 Å². The summed E-state index contributed by atoms with van der Waals surface area (Å²) >= 11 is 0. The van der Waals surface area contributed by atoms with Crippen molar-refractivity contribution in [1.29, 1.82) is 5.26 Å². The predicted molar refractivity (Wildman–Crippen MR) is 195 cm³/mol. The highest BCUT2D eigenvalue weighted by molar-refractivity contribution is 6.09. The highest BCUT2D eigenvalue weighted by Gasteiger charge is 2.22. The van der Waals surface area contributed by atoms with Gasteiger partial charge in [0.05, 0.1) is 33.9 Å². The van der Waals surface area contributed by atoms with Gasteiger partial charge in [-0.15, -0.1) is 0 Å². The molecule has 9 rings (SSSR count). The molecule has 0 spiro atoms. The first-order valence-electron chi connectivity index (χ1n) is 16.2. The van der Waals surface area contributed by atoms with E-state index in [4.69, 9.17) is 0 Å². The third-order valence-electron chi connectivity index (χ3n) is 9.70. The molecule has 0 amide bonds. The first-order chi connectivity index (χ1) is 23.2. The molecule has 0 atom stereocenters. The van der Waals surface area contributed by atoms with Crippen LogP contribution in [0.15, 0.2) is 140 Å². The van der Waals surface area contributed by atoms with Crippen molar-refractivity contribution >= 4 is 38.8 Å². The summed E-state index contributed by atoms with van der Waals surface area (Å²) in [6, 6.07) is 50.0. The Bertz CT molecular complexity index is 2530. The third kappa shape index (κ3) is 4.26. The van der Waals surface area contributed by atoms with E-state index in [2.05, 4.69) is 156 Å². The molecule has 0 N–H and O–H groups in total. The SMILES string of the molecule is Cc1ccc2c(c1)c1c(n2-c2cccc(C#N)c2-c2ccc(-c3cccc(-n4c5ccccc5c5ccccc54)c3)cc2)C=CCC1. The lowest BCUT2D eigenvalue weighted by atomic mass is 9.95. The average Bonchev–Trinajstić information content (AvgIpc) is 3.64. The van der Waals surface area contributed by atoms with E-state index in [9.17, 15) is 5.26 Å². The van der Waals surface area contributed by atoms with Crippen LogP contribution in [0.25, 0.3) is 72.4 Å². The highest BCUT2D eigenvalue weighted by atomic mass is 15.0. The summed E-state index contributed by atoms with van der Waals surface area (Å²) in [4.78, 5) is 0. The Balaban J connectivity index is 1.17. The molecule has 0 saturated heterocycles. The highest BCUT2D eigenvalue weighted by Crippen LogP contribution is 2.40. The quantitative estimate of drug-likeness (QED) is 0.198. The molecule has 0 saturated carbocycles. The molecule has 1 aliphatic carbocycles. The number of aromatic nitrogens is 2. The van der Waals surface area contributed by atoms with Crippen molar-refractivity contribution < 1.29 is 0 Å². The van der Waals surface area contributed by atoms with E-state index in [-0.39, 0.29) is 0 Å². The summed E-state index contributed by atoms with van der Waals surface area (Å²) in [5.41, 5.74) is 14.6. The van der Waals surface area contributed by atoms with Gasteiger partial charge in [-0.25, -0.2) is 0 Å². The smallest absolute Gasteiger partial charge is 0.0998 e. The van der Waals surface area contributed by atoms with Gasteiger partial charge < -0.3 is 9.13 Å². The Morgan fingerprint density at radius 1 is 0.596 bits per heavy atom. The van der Waals surface area contributed by atoms with E-state index in [1.807, 2.05) is 12.1 Å². The maximum Gasteiger partial charge on any atom is 0.0998 e. The van der Waals surface area contributed by atoms with Crippen LogP contribution in [0.1, 0.15) is 28.8 Å². The lowest BCUT2D eigenvalue weighted by Crippen LogP contribution is -2.03. The van der Waals surface area contributed by atoms with Crippen molar-refractivity contribution in [2.75, 3.05) is 0 Å². The number of hydrogen-bond donors (Lipinski definition) is 0. The van der Waals surface area contributed by atoms with E-state index in [0.717, 1.165) is 46.5 Å². The van der Waals surface area contributed by atoms with Gasteiger partial charge in [-0.2, -0.15) is 5.26 Å². The van der Waals surface area contributed by atoms with Crippen LogP contribution < -0.4 is 0 Å². The van der Waals surface area contributed by atoms with Crippen molar-refractivity contribution in [3.63, 3.8) is 0 Å². The molecule has 1 aliphatic rings. The average molecular weight is 602 g/mol. The minimum absolute atomic E-state index is 0.672. The Morgan fingerprint density at radius 3 is 2.06 bits per heavy atom. The molecule has 0 radical (unpaired) electrons. The van der Waals surface area contributed by atoms with Crippen molar-refractivity contribution in [3.8, 4) is 39.7 Å². The second-order valence-corrected chi connectivity index (χ2v) is 12.5. The summed E-state index contributed by atoms with van der Waals surface area (Å²) in [7, 11) is 0. The fourth-order valence-electron chi connectivity index (χ4n) is 7.59. The number of hydrogen-bond acceptors (Lipinski definition) is 1. The molecule has 47 heavy (non-hydrogen) atoms. The van der Waals surface area contributed by atoms with Crippen LogP contribution in [0, 0.1) is 18.3 Å². The van der Waals surface area contributed by atoms with Gasteiger partial charge in [-0.05, 0) is 96.6 Å². The van der Waals surface area contributed by atoms with E-state index in [0.29, 0.717) is 5.56 Å². The number of nitriles is 1. The van der Waals surface area contributed by atoms with Gasteiger partial charge >= 0.3 is 0 Å². The summed E-state index contributed by atoms with van der Waals surface area (Å²) in [5, 5.41) is 14.1. The summed E-state index contributed by atoms with van der Waals surface area (Å²) in [6.07, 6.45) is 6.59. The van der Waals surface area contributed by atoms with Crippen molar-refractivity contribution in [1.82, 2.24) is 9.13 Å². The lowest BCUT2D eigenvalue weighted by molar-refractivity contribution is 0.968. The van der Waals surface area contributed by atoms with Gasteiger partial charge in [0.2, 0.25) is 0 Å². The van der Waals surface area contributed by atoms with Crippen LogP contribution in [0.3, 0.4) is 0 Å². The molecule has 3 nitrogen and oxygen atoms in total. The van der Waals surface area contributed by atoms with E-state index in [1.54, 1.807) is 0 Å². The molecular weight excluding hydrogens is 571 g/mol. The standard InChI is InChI=1S/C44H31N3/c1-29-20-25-42-38(26-29)37-15-4-7-18-41(37)47(42)43-19-9-11-33(28-45)44(43)31-23-21-30(22-24-31)32-10-8-12-34(27-32)46-39-16-5-2-13-35(39)36-14-3-6-17-40(36)46/h2-3,5-14,16-27H,4,15H2,1H3. The van der Waals surface area contributed by atoms with E-state index >= 15 is 0 Å². The van der Waals surface area contributed by atoms with Gasteiger partial charge in [-0.3, -0.25) is 0 Å². The minimum atomic E-state index is 0.672. The Morgan fingerprint density at radius 2 is 1.30 bits per heavy atom. The number of allylic oxidation sites excluding steroid dienone is 1. The number of benzene rings is 6. The zero-order valence-corrected chi connectivity index (χ0v) is 26.1. The number of rotatable bonds is 4. The number of nitrogens with zero attached hydrogens (tertiary/aromatic N) is 3. The largest absolute Gasteiger partial charge is 0.309 e. The van der Waals surface area contributed by atoms with E-state index < -0.39 is 0 Å². The van der Waals surface area contributed by atoms with Crippen LogP contribution >= 0.6 is 0 Å². The molecule has 2 heterocycles. The second-order valence-electron chi connectivity index (χ2n) is 12.5. The molecule has 222 valence electrons. The van der Waals surface area contributed by atoms with Crippen LogP contribution in [0.2, 0.25) is 0 Å². The predicted octanol–water partition coefficient (Wildman–Crippen LogP) is 11.2.